The Morgan fingerprint density at radius 1 is 1.23 bits per heavy atom. The molecule has 1 atom stereocenters. The Bertz CT molecular complexity index is 752. The van der Waals surface area contributed by atoms with Crippen LogP contribution < -0.4 is 21.1 Å². The molecule has 0 aromatic heterocycles. The lowest BCUT2D eigenvalue weighted by Gasteiger charge is -2.34. The summed E-state index contributed by atoms with van der Waals surface area (Å²) < 4.78 is 5.54. The standard InChI is InChI=1S/C22H33N5O3.HI/c1-24-22(27-12-2-3-17(14-27)13-20(23)28)25-11-10-16-4-8-19(9-5-16)30-15-21(29)26-18-6-7-18;/h4-5,8-9,17-18H,2-3,6-7,10-15H2,1H3,(H2,23,28)(H,24,25)(H,26,29);1H. The predicted octanol–water partition coefficient (Wildman–Crippen LogP) is 1.67. The van der Waals surface area contributed by atoms with Gasteiger partial charge in [-0.1, -0.05) is 12.1 Å². The second-order valence-corrected chi connectivity index (χ2v) is 8.12. The summed E-state index contributed by atoms with van der Waals surface area (Å²) in [5.41, 5.74) is 6.53. The smallest absolute Gasteiger partial charge is 0.258 e. The topological polar surface area (TPSA) is 109 Å². The summed E-state index contributed by atoms with van der Waals surface area (Å²) in [5, 5.41) is 6.32. The lowest BCUT2D eigenvalue weighted by atomic mass is 9.95. The summed E-state index contributed by atoms with van der Waals surface area (Å²) in [6, 6.07) is 8.18. The fourth-order valence-corrected chi connectivity index (χ4v) is 3.76. The van der Waals surface area contributed by atoms with Crippen molar-refractivity contribution >= 4 is 41.8 Å². The summed E-state index contributed by atoms with van der Waals surface area (Å²) in [5.74, 6) is 1.57. The van der Waals surface area contributed by atoms with Gasteiger partial charge < -0.3 is 26.0 Å². The molecule has 2 aliphatic rings. The van der Waals surface area contributed by atoms with E-state index in [0.29, 0.717) is 24.1 Å². The minimum absolute atomic E-state index is 0. The zero-order valence-electron chi connectivity index (χ0n) is 18.1. The summed E-state index contributed by atoms with van der Waals surface area (Å²) in [6.07, 6.45) is 5.51. The molecule has 8 nitrogen and oxygen atoms in total. The zero-order chi connectivity index (χ0) is 21.3. The number of nitrogens with zero attached hydrogens (tertiary/aromatic N) is 2. The average Bonchev–Trinajstić information content (AvgIpc) is 3.54. The summed E-state index contributed by atoms with van der Waals surface area (Å²) in [7, 11) is 1.78. The summed E-state index contributed by atoms with van der Waals surface area (Å²) in [4.78, 5) is 29.5. The Labute approximate surface area is 201 Å². The van der Waals surface area contributed by atoms with Crippen LogP contribution in [0.5, 0.6) is 5.75 Å². The quantitative estimate of drug-likeness (QED) is 0.250. The van der Waals surface area contributed by atoms with Gasteiger partial charge in [-0.15, -0.1) is 24.0 Å². The number of hydrogen-bond acceptors (Lipinski definition) is 4. The Morgan fingerprint density at radius 2 is 1.97 bits per heavy atom. The second kappa shape index (κ2) is 12.7. The van der Waals surface area contributed by atoms with Crippen LogP contribution in [0.1, 0.15) is 37.7 Å². The molecule has 1 unspecified atom stereocenters. The third-order valence-corrected chi connectivity index (χ3v) is 5.45. The minimum atomic E-state index is -0.235. The molecule has 31 heavy (non-hydrogen) atoms. The molecule has 2 fully saturated rings. The molecule has 172 valence electrons. The van der Waals surface area contributed by atoms with Crippen LogP contribution in [0.4, 0.5) is 0 Å². The number of halogens is 1. The van der Waals surface area contributed by atoms with Gasteiger partial charge in [0.05, 0.1) is 0 Å². The largest absolute Gasteiger partial charge is 0.484 e. The van der Waals surface area contributed by atoms with Crippen LogP contribution in [0.2, 0.25) is 0 Å². The number of aliphatic imine (C=N–C) groups is 1. The van der Waals surface area contributed by atoms with Crippen molar-refractivity contribution in [3.05, 3.63) is 29.8 Å². The van der Waals surface area contributed by atoms with E-state index in [2.05, 4.69) is 20.5 Å². The third kappa shape index (κ3) is 8.92. The maximum absolute atomic E-state index is 11.7. The van der Waals surface area contributed by atoms with Crippen molar-refractivity contribution in [1.82, 2.24) is 15.5 Å². The number of likely N-dealkylation sites (tertiary alicyclic amines) is 1. The van der Waals surface area contributed by atoms with Crippen LogP contribution in [-0.4, -0.2) is 62.0 Å². The van der Waals surface area contributed by atoms with Gasteiger partial charge in [-0.2, -0.15) is 0 Å². The van der Waals surface area contributed by atoms with Crippen LogP contribution in [0, 0.1) is 5.92 Å². The molecule has 0 radical (unpaired) electrons. The van der Waals surface area contributed by atoms with Crippen molar-refractivity contribution in [2.24, 2.45) is 16.6 Å². The Morgan fingerprint density at radius 3 is 2.61 bits per heavy atom. The van der Waals surface area contributed by atoms with E-state index in [4.69, 9.17) is 10.5 Å². The number of carbonyl (C=O) groups excluding carboxylic acids is 2. The van der Waals surface area contributed by atoms with E-state index in [9.17, 15) is 9.59 Å². The van der Waals surface area contributed by atoms with E-state index in [1.165, 1.54) is 5.56 Å². The Hall–Kier alpha value is -2.04. The molecule has 1 heterocycles. The summed E-state index contributed by atoms with van der Waals surface area (Å²) >= 11 is 0. The molecule has 9 heteroatoms. The molecule has 1 aromatic carbocycles. The van der Waals surface area contributed by atoms with E-state index in [0.717, 1.165) is 57.7 Å². The van der Waals surface area contributed by atoms with E-state index >= 15 is 0 Å². The van der Waals surface area contributed by atoms with Crippen LogP contribution >= 0.6 is 24.0 Å². The van der Waals surface area contributed by atoms with Gasteiger partial charge in [-0.3, -0.25) is 14.6 Å². The first-order valence-corrected chi connectivity index (χ1v) is 10.8. The number of ether oxygens (including phenoxy) is 1. The van der Waals surface area contributed by atoms with Gasteiger partial charge in [0.1, 0.15) is 5.75 Å². The molecule has 2 amide bonds. The number of nitrogens with two attached hydrogens (primary N) is 1. The van der Waals surface area contributed by atoms with E-state index < -0.39 is 0 Å². The number of benzene rings is 1. The number of carbonyl (C=O) groups is 2. The average molecular weight is 543 g/mol. The minimum Gasteiger partial charge on any atom is -0.484 e. The van der Waals surface area contributed by atoms with Crippen molar-refractivity contribution in [1.29, 1.82) is 0 Å². The monoisotopic (exact) mass is 543 g/mol. The van der Waals surface area contributed by atoms with Crippen molar-refractivity contribution in [2.75, 3.05) is 33.3 Å². The predicted molar refractivity (Wildman–Crippen MR) is 132 cm³/mol. The third-order valence-electron chi connectivity index (χ3n) is 5.45. The van der Waals surface area contributed by atoms with Gasteiger partial charge in [0, 0.05) is 39.1 Å². The molecule has 1 aliphatic heterocycles. The number of nitrogens with one attached hydrogen (secondary N) is 2. The molecule has 1 aliphatic carbocycles. The maximum Gasteiger partial charge on any atom is 0.258 e. The molecule has 0 bridgehead atoms. The fourth-order valence-electron chi connectivity index (χ4n) is 3.76. The summed E-state index contributed by atoms with van der Waals surface area (Å²) in [6.45, 7) is 2.56. The molecule has 1 saturated carbocycles. The van der Waals surface area contributed by atoms with Crippen molar-refractivity contribution in [2.45, 2.75) is 44.6 Å². The Balaban J connectivity index is 0.00000341. The van der Waals surface area contributed by atoms with Gasteiger partial charge in [0.15, 0.2) is 12.6 Å². The molecule has 4 N–H and O–H groups in total. The highest BCUT2D eigenvalue weighted by Crippen LogP contribution is 2.20. The van der Waals surface area contributed by atoms with Crippen LogP contribution in [-0.2, 0) is 16.0 Å². The van der Waals surface area contributed by atoms with Gasteiger partial charge >= 0.3 is 0 Å². The fraction of sp³-hybridized carbons (Fsp3) is 0.591. The molecule has 1 saturated heterocycles. The molecular formula is C22H34IN5O3. The van der Waals surface area contributed by atoms with Gasteiger partial charge in [0.2, 0.25) is 5.91 Å². The zero-order valence-corrected chi connectivity index (χ0v) is 20.5. The molecule has 3 rings (SSSR count). The molecular weight excluding hydrogens is 509 g/mol. The van der Waals surface area contributed by atoms with E-state index in [-0.39, 0.29) is 42.4 Å². The van der Waals surface area contributed by atoms with E-state index in [1.807, 2.05) is 24.3 Å². The maximum atomic E-state index is 11.7. The highest BCUT2D eigenvalue weighted by Gasteiger charge is 2.24. The highest BCUT2D eigenvalue weighted by molar-refractivity contribution is 14.0. The number of primary amides is 1. The first-order chi connectivity index (χ1) is 14.5. The number of piperidine rings is 1. The van der Waals surface area contributed by atoms with Crippen molar-refractivity contribution in [3.63, 3.8) is 0 Å². The normalized spacial score (nSPS) is 18.7. The Kier molecular flexibility index (Phi) is 10.4. The molecule has 1 aromatic rings. The SMILES string of the molecule is CN=C(NCCc1ccc(OCC(=O)NC2CC2)cc1)N1CCCC(CC(N)=O)C1.I. The number of guanidine groups is 1. The molecule has 0 spiro atoms. The first kappa shape index (κ1) is 25.2. The van der Waals surface area contributed by atoms with Crippen molar-refractivity contribution in [3.8, 4) is 5.75 Å². The van der Waals surface area contributed by atoms with Crippen LogP contribution in [0.3, 0.4) is 0 Å². The number of rotatable bonds is 9. The lowest BCUT2D eigenvalue weighted by molar-refractivity contribution is -0.123. The second-order valence-electron chi connectivity index (χ2n) is 8.12. The van der Waals surface area contributed by atoms with E-state index in [1.54, 1.807) is 7.05 Å². The number of hydrogen-bond donors (Lipinski definition) is 3. The highest BCUT2D eigenvalue weighted by atomic mass is 127. The first-order valence-electron chi connectivity index (χ1n) is 10.8. The van der Waals surface area contributed by atoms with Crippen LogP contribution in [0.25, 0.3) is 0 Å². The van der Waals surface area contributed by atoms with Gasteiger partial charge in [-0.25, -0.2) is 0 Å². The van der Waals surface area contributed by atoms with Crippen molar-refractivity contribution < 1.29 is 14.3 Å². The number of amides is 2. The van der Waals surface area contributed by atoms with Crippen LogP contribution in [0.15, 0.2) is 29.3 Å². The van der Waals surface area contributed by atoms with Gasteiger partial charge in [0.25, 0.3) is 5.91 Å². The lowest BCUT2D eigenvalue weighted by Crippen LogP contribution is -2.47. The van der Waals surface area contributed by atoms with Gasteiger partial charge in [-0.05, 0) is 55.7 Å².